The van der Waals surface area contributed by atoms with Crippen LogP contribution in [0.25, 0.3) is 0 Å². The lowest BCUT2D eigenvalue weighted by molar-refractivity contribution is 0.249. The van der Waals surface area contributed by atoms with Crippen LogP contribution >= 0.6 is 31.9 Å². The molecular weight excluding hydrogens is 330 g/mol. The molecule has 1 aromatic rings. The molecule has 1 rings (SSSR count). The molecule has 0 aliphatic rings. The Bertz CT molecular complexity index is 421. The highest BCUT2D eigenvalue weighted by Gasteiger charge is 2.04. The zero-order valence-electron chi connectivity index (χ0n) is 7.37. The number of benzene rings is 1. The Morgan fingerprint density at radius 1 is 1.53 bits per heavy atom. The van der Waals surface area contributed by atoms with E-state index in [-0.39, 0.29) is 5.75 Å². The van der Waals surface area contributed by atoms with Crippen molar-refractivity contribution in [2.24, 2.45) is 10.8 Å². The molecule has 0 saturated carbocycles. The van der Waals surface area contributed by atoms with Crippen molar-refractivity contribution in [2.75, 3.05) is 0 Å². The number of amides is 2. The van der Waals surface area contributed by atoms with Gasteiger partial charge in [0.15, 0.2) is 0 Å². The Kier molecular flexibility index (Phi) is 4.10. The Labute approximate surface area is 103 Å². The Morgan fingerprint density at radius 2 is 2.20 bits per heavy atom. The highest BCUT2D eigenvalue weighted by Crippen LogP contribution is 2.30. The topological polar surface area (TPSA) is 87.7 Å². The van der Waals surface area contributed by atoms with E-state index >= 15 is 0 Å². The van der Waals surface area contributed by atoms with Gasteiger partial charge in [-0.25, -0.2) is 10.2 Å². The number of hydrogen-bond donors (Lipinski definition) is 3. The molecule has 0 aliphatic heterocycles. The molecule has 0 aromatic heterocycles. The quantitative estimate of drug-likeness (QED) is 0.569. The first-order chi connectivity index (χ1) is 7.00. The summed E-state index contributed by atoms with van der Waals surface area (Å²) in [4.78, 5) is 10.3. The minimum absolute atomic E-state index is 0.0354. The second-order valence-corrected chi connectivity index (χ2v) is 4.33. The summed E-state index contributed by atoms with van der Waals surface area (Å²) in [7, 11) is 0. The molecule has 5 nitrogen and oxygen atoms in total. The molecule has 2 amide bonds. The van der Waals surface area contributed by atoms with Crippen molar-refractivity contribution in [2.45, 2.75) is 0 Å². The molecular formula is C8H7Br2N3O2. The monoisotopic (exact) mass is 335 g/mol. The van der Waals surface area contributed by atoms with Crippen molar-refractivity contribution in [3.05, 3.63) is 26.6 Å². The van der Waals surface area contributed by atoms with E-state index in [1.54, 1.807) is 12.1 Å². The fraction of sp³-hybridized carbons (Fsp3) is 0. The minimum Gasteiger partial charge on any atom is -0.506 e. The molecule has 0 unspecified atom stereocenters. The number of primary amides is 1. The van der Waals surface area contributed by atoms with E-state index in [1.807, 2.05) is 5.43 Å². The first kappa shape index (κ1) is 12.0. The maximum Gasteiger partial charge on any atom is 0.332 e. The largest absolute Gasteiger partial charge is 0.506 e. The van der Waals surface area contributed by atoms with Gasteiger partial charge in [-0.3, -0.25) is 0 Å². The van der Waals surface area contributed by atoms with Crippen LogP contribution in [-0.4, -0.2) is 17.4 Å². The van der Waals surface area contributed by atoms with Gasteiger partial charge in [-0.1, -0.05) is 15.9 Å². The second-order valence-electron chi connectivity index (χ2n) is 2.56. The molecule has 0 heterocycles. The van der Waals surface area contributed by atoms with E-state index in [4.69, 9.17) is 5.73 Å². The number of nitrogens with two attached hydrogens (primary N) is 1. The van der Waals surface area contributed by atoms with Crippen molar-refractivity contribution in [3.8, 4) is 5.75 Å². The molecule has 15 heavy (non-hydrogen) atoms. The summed E-state index contributed by atoms with van der Waals surface area (Å²) in [5.74, 6) is 0.0354. The molecule has 1 aromatic carbocycles. The van der Waals surface area contributed by atoms with Crippen LogP contribution in [0.3, 0.4) is 0 Å². The first-order valence-corrected chi connectivity index (χ1v) is 5.36. The van der Waals surface area contributed by atoms with Crippen LogP contribution in [0.4, 0.5) is 4.79 Å². The molecule has 0 spiro atoms. The number of hydrazone groups is 1. The molecule has 7 heteroatoms. The number of nitrogens with one attached hydrogen (secondary N) is 1. The number of carbonyl (C=O) groups excluding carboxylic acids is 1. The molecule has 0 fully saturated rings. The van der Waals surface area contributed by atoms with Crippen molar-refractivity contribution in [1.29, 1.82) is 0 Å². The Hall–Kier alpha value is -1.08. The van der Waals surface area contributed by atoms with Crippen LogP contribution < -0.4 is 11.2 Å². The van der Waals surface area contributed by atoms with E-state index in [0.717, 1.165) is 4.47 Å². The predicted molar refractivity (Wildman–Crippen MR) is 63.8 cm³/mol. The summed E-state index contributed by atoms with van der Waals surface area (Å²) in [5.41, 5.74) is 7.29. The number of aromatic hydroxyl groups is 1. The number of hydrogen-bond acceptors (Lipinski definition) is 3. The average molecular weight is 337 g/mol. The van der Waals surface area contributed by atoms with Crippen LogP contribution in [0.1, 0.15) is 5.56 Å². The van der Waals surface area contributed by atoms with Crippen LogP contribution in [-0.2, 0) is 0 Å². The summed E-state index contributed by atoms with van der Waals surface area (Å²) in [6.45, 7) is 0. The average Bonchev–Trinajstić information content (AvgIpc) is 2.12. The maximum atomic E-state index is 10.3. The predicted octanol–water partition coefficient (Wildman–Crippen LogP) is 1.92. The van der Waals surface area contributed by atoms with Crippen LogP contribution in [0.5, 0.6) is 5.75 Å². The number of nitrogens with zero attached hydrogens (tertiary/aromatic N) is 1. The molecule has 4 N–H and O–H groups in total. The molecule has 0 saturated heterocycles. The SMILES string of the molecule is NC(=O)N/N=C/c1cc(Br)cc(Br)c1O. The summed E-state index contributed by atoms with van der Waals surface area (Å²) in [6, 6.07) is 2.57. The second kappa shape index (κ2) is 5.13. The molecule has 0 atom stereocenters. The van der Waals surface area contributed by atoms with E-state index in [1.165, 1.54) is 6.21 Å². The summed E-state index contributed by atoms with van der Waals surface area (Å²) in [6.07, 6.45) is 1.29. The zero-order chi connectivity index (χ0) is 11.4. The third-order valence-corrected chi connectivity index (χ3v) is 2.50. The molecule has 0 radical (unpaired) electrons. The lowest BCUT2D eigenvalue weighted by Crippen LogP contribution is -2.24. The van der Waals surface area contributed by atoms with Crippen molar-refractivity contribution >= 4 is 44.1 Å². The van der Waals surface area contributed by atoms with Crippen LogP contribution in [0.2, 0.25) is 0 Å². The lowest BCUT2D eigenvalue weighted by Gasteiger charge is -2.02. The van der Waals surface area contributed by atoms with Gasteiger partial charge in [0.25, 0.3) is 0 Å². The maximum absolute atomic E-state index is 10.3. The van der Waals surface area contributed by atoms with Crippen molar-refractivity contribution in [3.63, 3.8) is 0 Å². The van der Waals surface area contributed by atoms with Crippen molar-refractivity contribution in [1.82, 2.24) is 5.43 Å². The number of halogens is 2. The zero-order valence-corrected chi connectivity index (χ0v) is 10.5. The van der Waals surface area contributed by atoms with Gasteiger partial charge >= 0.3 is 6.03 Å². The van der Waals surface area contributed by atoms with Crippen LogP contribution in [0.15, 0.2) is 26.2 Å². The lowest BCUT2D eigenvalue weighted by atomic mass is 10.2. The third kappa shape index (κ3) is 3.52. The highest BCUT2D eigenvalue weighted by atomic mass is 79.9. The third-order valence-electron chi connectivity index (χ3n) is 1.44. The fourth-order valence-corrected chi connectivity index (χ4v) is 2.11. The highest BCUT2D eigenvalue weighted by molar-refractivity contribution is 9.11. The number of rotatable bonds is 2. The summed E-state index contributed by atoms with van der Waals surface area (Å²) < 4.78 is 1.30. The number of urea groups is 1. The summed E-state index contributed by atoms with van der Waals surface area (Å²) >= 11 is 6.42. The van der Waals surface area contributed by atoms with Crippen LogP contribution in [0, 0.1) is 0 Å². The van der Waals surface area contributed by atoms with Gasteiger partial charge in [-0.15, -0.1) is 0 Å². The van der Waals surface area contributed by atoms with Crippen molar-refractivity contribution < 1.29 is 9.90 Å². The van der Waals surface area contributed by atoms with Gasteiger partial charge in [0.1, 0.15) is 5.75 Å². The number of carbonyl (C=O) groups is 1. The van der Waals surface area contributed by atoms with Gasteiger partial charge in [-0.05, 0) is 28.1 Å². The van der Waals surface area contributed by atoms with E-state index in [0.29, 0.717) is 10.0 Å². The fourth-order valence-electron chi connectivity index (χ4n) is 0.850. The first-order valence-electron chi connectivity index (χ1n) is 3.77. The Morgan fingerprint density at radius 3 is 2.80 bits per heavy atom. The van der Waals surface area contributed by atoms with Gasteiger partial charge in [0.2, 0.25) is 0 Å². The molecule has 80 valence electrons. The smallest absolute Gasteiger partial charge is 0.332 e. The van der Waals surface area contributed by atoms with E-state index < -0.39 is 6.03 Å². The van der Waals surface area contributed by atoms with E-state index in [9.17, 15) is 9.90 Å². The Balaban J connectivity index is 2.94. The van der Waals surface area contributed by atoms with Gasteiger partial charge in [-0.2, -0.15) is 5.10 Å². The summed E-state index contributed by atoms with van der Waals surface area (Å²) in [5, 5.41) is 13.1. The standard InChI is InChI=1S/C8H7Br2N3O2/c9-5-1-4(3-12-13-8(11)15)7(14)6(10)2-5/h1-3,14H,(H3,11,13,15)/b12-3+. The molecule has 0 aliphatic carbocycles. The normalized spacial score (nSPS) is 10.5. The number of phenols is 1. The number of phenolic OH excluding ortho intramolecular Hbond substituents is 1. The minimum atomic E-state index is -0.764. The van der Waals surface area contributed by atoms with E-state index in [2.05, 4.69) is 37.0 Å². The van der Waals surface area contributed by atoms with Gasteiger partial charge in [0, 0.05) is 10.0 Å². The van der Waals surface area contributed by atoms with Gasteiger partial charge < -0.3 is 10.8 Å². The van der Waals surface area contributed by atoms with Gasteiger partial charge in [0.05, 0.1) is 10.7 Å². The molecule has 0 bridgehead atoms.